The van der Waals surface area contributed by atoms with Gasteiger partial charge in [-0.05, 0) is 70.3 Å². The van der Waals surface area contributed by atoms with E-state index in [-0.39, 0.29) is 0 Å². The normalized spacial score (nSPS) is 11.5. The summed E-state index contributed by atoms with van der Waals surface area (Å²) in [5.74, 6) is 0.685. The highest BCUT2D eigenvalue weighted by Crippen LogP contribution is 2.47. The molecule has 0 radical (unpaired) electrons. The van der Waals surface area contributed by atoms with Crippen molar-refractivity contribution >= 4 is 43.6 Å². The Morgan fingerprint density at radius 1 is 0.286 bits per heavy atom. The van der Waals surface area contributed by atoms with Gasteiger partial charge in [-0.25, -0.2) is 15.0 Å². The smallest absolute Gasteiger partial charge is 0.160 e. The lowest BCUT2D eigenvalue weighted by molar-refractivity contribution is 0.669. The Balaban J connectivity index is 1.04. The maximum Gasteiger partial charge on any atom is 0.160 e. The number of benzene rings is 9. The van der Waals surface area contributed by atoms with E-state index in [1.807, 2.05) is 36.4 Å². The van der Waals surface area contributed by atoms with E-state index in [0.29, 0.717) is 5.82 Å². The Morgan fingerprint density at radius 2 is 0.778 bits per heavy atom. The van der Waals surface area contributed by atoms with Crippen LogP contribution in [-0.2, 0) is 0 Å². The van der Waals surface area contributed by atoms with Crippen LogP contribution in [0.2, 0.25) is 0 Å². The molecule has 294 valence electrons. The molecule has 0 spiro atoms. The molecule has 0 N–H and O–H groups in total. The zero-order chi connectivity index (χ0) is 41.7. The van der Waals surface area contributed by atoms with Gasteiger partial charge in [0.15, 0.2) is 5.82 Å². The first kappa shape index (κ1) is 36.4. The van der Waals surface area contributed by atoms with Crippen molar-refractivity contribution in [2.45, 2.75) is 0 Å². The van der Waals surface area contributed by atoms with Crippen LogP contribution >= 0.6 is 0 Å². The summed E-state index contributed by atoms with van der Waals surface area (Å²) in [7, 11) is 0. The first-order chi connectivity index (χ1) is 31.2. The molecule has 4 nitrogen and oxygen atoms in total. The van der Waals surface area contributed by atoms with Gasteiger partial charge >= 0.3 is 0 Å². The second-order valence-corrected chi connectivity index (χ2v) is 15.9. The van der Waals surface area contributed by atoms with E-state index in [2.05, 4.69) is 188 Å². The second-order valence-electron chi connectivity index (χ2n) is 15.9. The quantitative estimate of drug-likeness (QED) is 0.151. The van der Waals surface area contributed by atoms with Crippen LogP contribution in [0.15, 0.2) is 229 Å². The van der Waals surface area contributed by atoms with Crippen molar-refractivity contribution in [3.63, 3.8) is 0 Å². The fraction of sp³-hybridized carbons (Fsp3) is 0. The first-order valence-electron chi connectivity index (χ1n) is 21.3. The van der Waals surface area contributed by atoms with Gasteiger partial charge in [0, 0.05) is 54.7 Å². The van der Waals surface area contributed by atoms with Crippen LogP contribution < -0.4 is 0 Å². The molecule has 0 fully saturated rings. The monoisotopic (exact) mass is 803 g/mol. The van der Waals surface area contributed by atoms with Gasteiger partial charge in [0.25, 0.3) is 0 Å². The number of rotatable bonds is 7. The maximum absolute atomic E-state index is 6.68. The van der Waals surface area contributed by atoms with E-state index in [1.54, 1.807) is 0 Å². The van der Waals surface area contributed by atoms with E-state index >= 15 is 0 Å². The van der Waals surface area contributed by atoms with Crippen LogP contribution in [-0.4, -0.2) is 15.0 Å². The van der Waals surface area contributed by atoms with Gasteiger partial charge in [0.05, 0.1) is 22.6 Å². The number of fused-ring (bicyclic) bond motifs is 6. The molecule has 0 bridgehead atoms. The summed E-state index contributed by atoms with van der Waals surface area (Å²) in [6.07, 6.45) is 0. The minimum absolute atomic E-state index is 0.685. The van der Waals surface area contributed by atoms with Gasteiger partial charge in [-0.15, -0.1) is 0 Å². The molecule has 3 aromatic heterocycles. The highest BCUT2D eigenvalue weighted by Gasteiger charge is 2.22. The van der Waals surface area contributed by atoms with Crippen LogP contribution in [0.3, 0.4) is 0 Å². The molecule has 63 heavy (non-hydrogen) atoms. The molecule has 12 rings (SSSR count). The fourth-order valence-electron chi connectivity index (χ4n) is 9.08. The molecule has 0 saturated carbocycles. The summed E-state index contributed by atoms with van der Waals surface area (Å²) in [4.78, 5) is 15.6. The Morgan fingerprint density at radius 3 is 1.44 bits per heavy atom. The van der Waals surface area contributed by atoms with Crippen molar-refractivity contribution in [1.82, 2.24) is 15.0 Å². The van der Waals surface area contributed by atoms with E-state index in [0.717, 1.165) is 111 Å². The van der Waals surface area contributed by atoms with Gasteiger partial charge in [0.2, 0.25) is 0 Å². The van der Waals surface area contributed by atoms with Crippen molar-refractivity contribution in [3.8, 4) is 78.5 Å². The molecule has 0 saturated heterocycles. The summed E-state index contributed by atoms with van der Waals surface area (Å²) in [6, 6.07) is 78.6. The maximum atomic E-state index is 6.68. The minimum Gasteiger partial charge on any atom is -0.456 e. The molecule has 0 aliphatic rings. The van der Waals surface area contributed by atoms with E-state index in [4.69, 9.17) is 19.4 Å². The molecule has 0 amide bonds. The third-order valence-corrected chi connectivity index (χ3v) is 12.0. The highest BCUT2D eigenvalue weighted by molar-refractivity contribution is 6.27. The third kappa shape index (κ3) is 6.53. The second kappa shape index (κ2) is 15.2. The Labute approximate surface area is 364 Å². The number of hydrogen-bond donors (Lipinski definition) is 0. The number of nitrogens with zero attached hydrogens (tertiary/aromatic N) is 3. The van der Waals surface area contributed by atoms with Crippen molar-refractivity contribution in [2.24, 2.45) is 0 Å². The molecule has 9 aromatic carbocycles. The summed E-state index contributed by atoms with van der Waals surface area (Å²) >= 11 is 0. The number of aromatic nitrogens is 3. The Kier molecular flexibility index (Phi) is 8.79. The number of furan rings is 1. The molecule has 12 aromatic rings. The fourth-order valence-corrected chi connectivity index (χ4v) is 9.08. The van der Waals surface area contributed by atoms with Crippen LogP contribution in [0.5, 0.6) is 0 Å². The van der Waals surface area contributed by atoms with Crippen molar-refractivity contribution < 1.29 is 4.42 Å². The number of hydrogen-bond acceptors (Lipinski definition) is 4. The highest BCUT2D eigenvalue weighted by atomic mass is 16.3. The van der Waals surface area contributed by atoms with E-state index < -0.39 is 0 Å². The zero-order valence-electron chi connectivity index (χ0n) is 34.1. The number of para-hydroxylation sites is 2. The van der Waals surface area contributed by atoms with Crippen LogP contribution in [0.4, 0.5) is 0 Å². The lowest BCUT2D eigenvalue weighted by Gasteiger charge is -2.16. The zero-order valence-corrected chi connectivity index (χ0v) is 34.1. The summed E-state index contributed by atoms with van der Waals surface area (Å²) in [5, 5.41) is 5.49. The lowest BCUT2D eigenvalue weighted by atomic mass is 9.88. The largest absolute Gasteiger partial charge is 0.456 e. The summed E-state index contributed by atoms with van der Waals surface area (Å²) in [5.41, 5.74) is 16.1. The molecule has 0 unspecified atom stereocenters. The summed E-state index contributed by atoms with van der Waals surface area (Å²) in [6.45, 7) is 0. The SMILES string of the molecule is c1ccc(-c2cccc(-c3cc(-c4cccc(-c5cccc(-c6c7c(cc8c(-c9ccccc9)nc9ccccc9c68)oc6ccccc67)c5)c4)nc(-c4ccccc4)n3)c2)cc1. The third-order valence-electron chi connectivity index (χ3n) is 12.0. The standard InChI is InChI=1S/C59H37N3O/c1-4-17-38(18-5-1)41-23-14-26-44(33-41)51-37-52(62-59(61-51)40-21-8-3-9-22-40)45-27-15-24-42(34-45)43-25-16-28-46(35-43)55-56-47-29-10-12-31-50(47)60-58(39-19-6-2-7-20-39)49(56)36-54-57(55)48-30-11-13-32-53(48)63-54/h1-37H. The number of pyridine rings is 1. The predicted octanol–water partition coefficient (Wildman–Crippen LogP) is 15.7. The predicted molar refractivity (Wildman–Crippen MR) is 260 cm³/mol. The first-order valence-corrected chi connectivity index (χ1v) is 21.3. The Bertz CT molecular complexity index is 3670. The van der Waals surface area contributed by atoms with Gasteiger partial charge in [-0.3, -0.25) is 0 Å². The minimum atomic E-state index is 0.685. The molecular formula is C59H37N3O. The van der Waals surface area contributed by atoms with Crippen LogP contribution in [0.25, 0.3) is 122 Å². The molecule has 3 heterocycles. The molecule has 0 aliphatic heterocycles. The van der Waals surface area contributed by atoms with Crippen molar-refractivity contribution in [2.75, 3.05) is 0 Å². The van der Waals surface area contributed by atoms with Gasteiger partial charge in [-0.2, -0.15) is 0 Å². The molecule has 0 atom stereocenters. The van der Waals surface area contributed by atoms with E-state index in [9.17, 15) is 0 Å². The molecular weight excluding hydrogens is 767 g/mol. The summed E-state index contributed by atoms with van der Waals surface area (Å²) < 4.78 is 6.68. The van der Waals surface area contributed by atoms with Crippen molar-refractivity contribution in [1.29, 1.82) is 0 Å². The average Bonchev–Trinajstić information content (AvgIpc) is 3.74. The Hall–Kier alpha value is -8.47. The average molecular weight is 804 g/mol. The topological polar surface area (TPSA) is 51.8 Å². The van der Waals surface area contributed by atoms with Gasteiger partial charge in [0.1, 0.15) is 11.2 Å². The van der Waals surface area contributed by atoms with Gasteiger partial charge in [-0.1, -0.05) is 182 Å². The van der Waals surface area contributed by atoms with Crippen molar-refractivity contribution in [3.05, 3.63) is 224 Å². The molecule has 4 heteroatoms. The van der Waals surface area contributed by atoms with E-state index in [1.165, 1.54) is 5.56 Å². The molecule has 0 aliphatic carbocycles. The van der Waals surface area contributed by atoms with Crippen LogP contribution in [0, 0.1) is 0 Å². The van der Waals surface area contributed by atoms with Gasteiger partial charge < -0.3 is 4.42 Å². The van der Waals surface area contributed by atoms with Crippen LogP contribution in [0.1, 0.15) is 0 Å². The lowest BCUT2D eigenvalue weighted by Crippen LogP contribution is -1.96.